The Morgan fingerprint density at radius 1 is 1.07 bits per heavy atom. The summed E-state index contributed by atoms with van der Waals surface area (Å²) in [7, 11) is -3.31. The molecule has 1 unspecified atom stereocenters. The van der Waals surface area contributed by atoms with Crippen LogP contribution in [0.3, 0.4) is 0 Å². The molecule has 1 aromatic carbocycles. The minimum atomic E-state index is -3.31. The van der Waals surface area contributed by atoms with Gasteiger partial charge < -0.3 is 13.3 Å². The molecular weight excluding hydrogens is 390 g/mol. The van der Waals surface area contributed by atoms with Gasteiger partial charge in [0.15, 0.2) is 5.72 Å². The van der Waals surface area contributed by atoms with Crippen LogP contribution in [0.4, 0.5) is 11.4 Å². The molecule has 0 spiro atoms. The minimum Gasteiger partial charge on any atom is -0.374 e. The second kappa shape index (κ2) is 9.79. The first-order chi connectivity index (χ1) is 13.0. The molecule has 11 nitrogen and oxygen atoms in total. The summed E-state index contributed by atoms with van der Waals surface area (Å²) in [6.45, 7) is 7.22. The molecule has 0 aromatic heterocycles. The van der Waals surface area contributed by atoms with Crippen LogP contribution in [-0.2, 0) is 13.3 Å². The van der Waals surface area contributed by atoms with Crippen LogP contribution in [0.25, 0.3) is 0 Å². The van der Waals surface area contributed by atoms with Crippen molar-refractivity contribution >= 4 is 26.0 Å². The highest BCUT2D eigenvalue weighted by Crippen LogP contribution is 2.28. The number of non-ortho nitro benzene ring substituents is 2. The van der Waals surface area contributed by atoms with Gasteiger partial charge in [-0.15, -0.1) is 0 Å². The summed E-state index contributed by atoms with van der Waals surface area (Å²) in [4.78, 5) is 33.4. The summed E-state index contributed by atoms with van der Waals surface area (Å²) in [5.74, 6) is -0.855. The molecule has 0 aliphatic rings. The number of rotatable bonds is 12. The van der Waals surface area contributed by atoms with Crippen LogP contribution in [0, 0.1) is 20.2 Å². The lowest BCUT2D eigenvalue weighted by Crippen LogP contribution is -2.59. The van der Waals surface area contributed by atoms with Gasteiger partial charge in [0.05, 0.1) is 15.9 Å². The molecule has 1 atom stereocenters. The second-order valence-corrected chi connectivity index (χ2v) is 8.74. The number of nitro groups is 2. The summed E-state index contributed by atoms with van der Waals surface area (Å²) in [6.07, 6.45) is 0.652. The van der Waals surface area contributed by atoms with E-state index < -0.39 is 41.5 Å². The van der Waals surface area contributed by atoms with Crippen LogP contribution in [0.2, 0.25) is 6.04 Å². The molecular formula is C16H25N3O8Si. The fraction of sp³-hybridized carbons (Fsp3) is 0.562. The van der Waals surface area contributed by atoms with E-state index in [0.717, 1.165) is 18.2 Å². The van der Waals surface area contributed by atoms with Crippen molar-refractivity contribution in [2.24, 2.45) is 5.73 Å². The first-order valence-electron chi connectivity index (χ1n) is 8.77. The predicted octanol–water partition coefficient (Wildman–Crippen LogP) is 2.80. The van der Waals surface area contributed by atoms with E-state index in [-0.39, 0.29) is 18.8 Å². The molecule has 12 heteroatoms. The topological polar surface area (TPSA) is 157 Å². The maximum Gasteiger partial charge on any atom is 0.502 e. The molecule has 156 valence electrons. The summed E-state index contributed by atoms with van der Waals surface area (Å²) in [5, 5.41) is 22.1. The number of Topliss-reactive ketones (excluding diaryl/α,β-unsaturated/α-hetero) is 1. The first-order valence-corrected chi connectivity index (χ1v) is 10.7. The van der Waals surface area contributed by atoms with E-state index in [9.17, 15) is 25.0 Å². The van der Waals surface area contributed by atoms with Crippen molar-refractivity contribution < 1.29 is 27.9 Å². The number of nitro benzene ring substituents is 2. The number of ketones is 1. The molecule has 0 aliphatic carbocycles. The zero-order valence-electron chi connectivity index (χ0n) is 16.3. The van der Waals surface area contributed by atoms with Crippen LogP contribution in [0.1, 0.15) is 44.5 Å². The average molecular weight is 415 g/mol. The van der Waals surface area contributed by atoms with Gasteiger partial charge >= 0.3 is 8.80 Å². The third kappa shape index (κ3) is 5.87. The van der Waals surface area contributed by atoms with Crippen molar-refractivity contribution in [2.75, 3.05) is 13.2 Å². The Hall–Kier alpha value is -2.25. The molecule has 0 bridgehead atoms. The Labute approximate surface area is 163 Å². The molecule has 0 radical (unpaired) electrons. The number of nitrogens with zero attached hydrogens (tertiary/aromatic N) is 2. The lowest BCUT2D eigenvalue weighted by molar-refractivity contribution is -0.394. The van der Waals surface area contributed by atoms with Gasteiger partial charge in [-0.25, -0.2) is 0 Å². The van der Waals surface area contributed by atoms with Crippen LogP contribution in [0.5, 0.6) is 0 Å². The molecule has 0 amide bonds. The van der Waals surface area contributed by atoms with Gasteiger partial charge in [0.25, 0.3) is 11.4 Å². The van der Waals surface area contributed by atoms with E-state index in [4.69, 9.17) is 19.0 Å². The Bertz CT molecular complexity index is 691. The normalized spacial score (nSPS) is 13.8. The Morgan fingerprint density at radius 2 is 1.54 bits per heavy atom. The van der Waals surface area contributed by atoms with Crippen LogP contribution in [0.15, 0.2) is 18.2 Å². The Balaban J connectivity index is 3.34. The van der Waals surface area contributed by atoms with Crippen molar-refractivity contribution in [1.82, 2.24) is 0 Å². The van der Waals surface area contributed by atoms with Crippen LogP contribution >= 0.6 is 0 Å². The molecule has 0 heterocycles. The van der Waals surface area contributed by atoms with E-state index in [2.05, 4.69) is 0 Å². The lowest BCUT2D eigenvalue weighted by Gasteiger charge is -2.35. The number of carbonyl (C=O) groups excluding carboxylic acids is 1. The number of hydrogen-bond donors (Lipinski definition) is 1. The van der Waals surface area contributed by atoms with Crippen LogP contribution < -0.4 is 5.73 Å². The van der Waals surface area contributed by atoms with Crippen LogP contribution in [-0.4, -0.2) is 43.4 Å². The second-order valence-electron chi connectivity index (χ2n) is 6.09. The Kier molecular flexibility index (Phi) is 8.32. The SMILES string of the molecule is CCC[Si](OCC)(OCC)OC(C)(N)C(=O)c1cc([N+](=O)[O-])cc([N+](=O)[O-])c1. The minimum absolute atomic E-state index is 0.277. The van der Waals surface area contributed by atoms with Crippen molar-refractivity contribution in [1.29, 1.82) is 0 Å². The van der Waals surface area contributed by atoms with Gasteiger partial charge in [0.2, 0.25) is 5.78 Å². The number of benzene rings is 1. The standard InChI is InChI=1S/C16H25N3O8Si/c1-5-8-28(25-6-2,26-7-3)27-16(4,17)15(20)12-9-13(18(21)22)11-14(10-12)19(23)24/h9-11H,5-8,17H2,1-4H3. The monoisotopic (exact) mass is 415 g/mol. The highest BCUT2D eigenvalue weighted by molar-refractivity contribution is 6.61. The highest BCUT2D eigenvalue weighted by Gasteiger charge is 2.48. The van der Waals surface area contributed by atoms with E-state index in [1.165, 1.54) is 6.92 Å². The molecule has 28 heavy (non-hydrogen) atoms. The van der Waals surface area contributed by atoms with E-state index in [0.29, 0.717) is 12.5 Å². The quantitative estimate of drug-likeness (QED) is 0.178. The Morgan fingerprint density at radius 3 is 1.89 bits per heavy atom. The summed E-state index contributed by atoms with van der Waals surface area (Å²) in [5.41, 5.74) is 2.62. The third-order valence-corrected chi connectivity index (χ3v) is 6.99. The van der Waals surface area contributed by atoms with E-state index in [1.54, 1.807) is 13.8 Å². The lowest BCUT2D eigenvalue weighted by atomic mass is 10.0. The van der Waals surface area contributed by atoms with Gasteiger partial charge in [-0.05, 0) is 20.8 Å². The zero-order chi connectivity index (χ0) is 21.5. The molecule has 1 rings (SSSR count). The summed E-state index contributed by atoms with van der Waals surface area (Å²) < 4.78 is 17.3. The average Bonchev–Trinajstić information content (AvgIpc) is 2.60. The predicted molar refractivity (Wildman–Crippen MR) is 102 cm³/mol. The fourth-order valence-corrected chi connectivity index (χ4v) is 5.46. The van der Waals surface area contributed by atoms with Gasteiger partial charge in [-0.1, -0.05) is 13.3 Å². The largest absolute Gasteiger partial charge is 0.502 e. The molecule has 0 saturated heterocycles. The molecule has 0 fully saturated rings. The third-order valence-electron chi connectivity index (χ3n) is 3.69. The molecule has 0 saturated carbocycles. The van der Waals surface area contributed by atoms with Crippen molar-refractivity contribution in [3.05, 3.63) is 44.0 Å². The molecule has 2 N–H and O–H groups in total. The smallest absolute Gasteiger partial charge is 0.374 e. The summed E-state index contributed by atoms with van der Waals surface area (Å²) in [6, 6.07) is 3.02. The molecule has 0 aliphatic heterocycles. The maximum atomic E-state index is 12.9. The highest BCUT2D eigenvalue weighted by atomic mass is 28.4. The zero-order valence-corrected chi connectivity index (χ0v) is 17.3. The first kappa shape index (κ1) is 23.8. The number of nitrogens with two attached hydrogens (primary N) is 1. The fourth-order valence-electron chi connectivity index (χ4n) is 2.64. The van der Waals surface area contributed by atoms with Gasteiger partial charge in [0.1, 0.15) is 0 Å². The number of carbonyl (C=O) groups is 1. The van der Waals surface area contributed by atoms with Crippen molar-refractivity contribution in [2.45, 2.75) is 45.9 Å². The summed E-state index contributed by atoms with van der Waals surface area (Å²) >= 11 is 0. The van der Waals surface area contributed by atoms with E-state index in [1.807, 2.05) is 6.92 Å². The maximum absolute atomic E-state index is 12.9. The van der Waals surface area contributed by atoms with Gasteiger partial charge in [-0.2, -0.15) is 0 Å². The van der Waals surface area contributed by atoms with E-state index >= 15 is 0 Å². The van der Waals surface area contributed by atoms with Gasteiger partial charge in [-0.3, -0.25) is 30.8 Å². The number of hydrogen-bond acceptors (Lipinski definition) is 9. The molecule has 1 aromatic rings. The van der Waals surface area contributed by atoms with Crippen molar-refractivity contribution in [3.8, 4) is 0 Å². The van der Waals surface area contributed by atoms with Crippen molar-refractivity contribution in [3.63, 3.8) is 0 Å². The van der Waals surface area contributed by atoms with Gasteiger partial charge in [0, 0.05) is 37.0 Å².